The average molecular weight is 458 g/mol. The largest absolute Gasteiger partial charge is 0.505 e. The molecule has 4 N–H and O–H groups in total. The molecule has 2 aromatic carbocycles. The summed E-state index contributed by atoms with van der Waals surface area (Å²) in [5.74, 6) is 1.02. The Morgan fingerprint density at radius 3 is 2.74 bits per heavy atom. The molecule has 1 aliphatic heterocycles. The zero-order valence-electron chi connectivity index (χ0n) is 16.4. The lowest BCUT2D eigenvalue weighted by molar-refractivity contribution is -0.113. The first-order valence-corrected chi connectivity index (χ1v) is 11.1. The van der Waals surface area contributed by atoms with E-state index in [2.05, 4.69) is 10.5 Å². The molecule has 0 radical (unpaired) electrons. The van der Waals surface area contributed by atoms with Gasteiger partial charge >= 0.3 is 0 Å². The Hall–Kier alpha value is -3.24. The highest BCUT2D eigenvalue weighted by molar-refractivity contribution is 7.97. The highest BCUT2D eigenvalue weighted by atomic mass is 32.2. The fraction of sp³-hybridized carbons (Fsp3) is 0.143. The van der Waals surface area contributed by atoms with Crippen molar-refractivity contribution in [2.45, 2.75) is 16.4 Å². The molecule has 0 atom stereocenters. The number of aromatic nitrogens is 1. The number of aliphatic hydroxyl groups excluding tert-OH is 1. The van der Waals surface area contributed by atoms with Crippen LogP contribution in [0.2, 0.25) is 0 Å². The number of anilines is 1. The molecule has 8 nitrogen and oxygen atoms in total. The average Bonchev–Trinajstić information content (AvgIpc) is 3.17. The summed E-state index contributed by atoms with van der Waals surface area (Å²) in [5, 5.41) is 36.0. The minimum Gasteiger partial charge on any atom is -0.505 e. The van der Waals surface area contributed by atoms with Gasteiger partial charge in [-0.05, 0) is 41.8 Å². The van der Waals surface area contributed by atoms with Gasteiger partial charge in [-0.1, -0.05) is 23.4 Å². The van der Waals surface area contributed by atoms with Gasteiger partial charge in [0.15, 0.2) is 28.8 Å². The Labute approximate surface area is 186 Å². The van der Waals surface area contributed by atoms with Gasteiger partial charge in [0.05, 0.1) is 5.75 Å². The van der Waals surface area contributed by atoms with Gasteiger partial charge in [0.2, 0.25) is 0 Å². The fourth-order valence-electron chi connectivity index (χ4n) is 3.01. The number of hydrogen-bond donors (Lipinski definition) is 4. The van der Waals surface area contributed by atoms with Crippen LogP contribution >= 0.6 is 23.7 Å². The Kier molecular flexibility index (Phi) is 6.01. The van der Waals surface area contributed by atoms with Gasteiger partial charge in [-0.2, -0.15) is 0 Å². The van der Waals surface area contributed by atoms with E-state index in [0.29, 0.717) is 22.8 Å². The number of carbonyl (C=O) groups is 1. The summed E-state index contributed by atoms with van der Waals surface area (Å²) in [6, 6.07) is 13.6. The van der Waals surface area contributed by atoms with E-state index >= 15 is 0 Å². The normalized spacial score (nSPS) is 13.3. The van der Waals surface area contributed by atoms with E-state index < -0.39 is 5.91 Å². The second kappa shape index (κ2) is 8.86. The number of phenolic OH excluding ortho intramolecular Hbond substituents is 2. The first-order chi connectivity index (χ1) is 14.9. The van der Waals surface area contributed by atoms with Crippen molar-refractivity contribution in [1.29, 1.82) is 0 Å². The van der Waals surface area contributed by atoms with E-state index in [-0.39, 0.29) is 28.8 Å². The molecule has 4 rings (SSSR count). The number of benzene rings is 2. The summed E-state index contributed by atoms with van der Waals surface area (Å²) >= 11 is 2.88. The molecule has 3 aromatic rings. The lowest BCUT2D eigenvalue weighted by Gasteiger charge is -2.27. The van der Waals surface area contributed by atoms with Crippen LogP contribution in [-0.4, -0.2) is 37.7 Å². The van der Waals surface area contributed by atoms with Gasteiger partial charge in [0.1, 0.15) is 5.76 Å². The minimum absolute atomic E-state index is 0.0919. The van der Waals surface area contributed by atoms with Crippen molar-refractivity contribution in [1.82, 2.24) is 9.46 Å². The monoisotopic (exact) mass is 457 g/mol. The molecule has 1 aromatic heterocycles. The fourth-order valence-corrected chi connectivity index (χ4v) is 4.82. The van der Waals surface area contributed by atoms with Gasteiger partial charge in [-0.25, -0.2) is 0 Å². The Morgan fingerprint density at radius 2 is 1.94 bits per heavy atom. The number of nitrogens with one attached hydrogen (secondary N) is 1. The molecular formula is C21H19N3O5S2. The van der Waals surface area contributed by atoms with Crippen molar-refractivity contribution < 1.29 is 24.6 Å². The molecule has 0 saturated carbocycles. The molecule has 0 bridgehead atoms. The Bertz CT molecular complexity index is 1160. The summed E-state index contributed by atoms with van der Waals surface area (Å²) < 4.78 is 6.88. The van der Waals surface area contributed by atoms with Crippen molar-refractivity contribution >= 4 is 41.2 Å². The number of likely N-dealkylation sites (N-methyl/N-ethyl adjacent to an activating group) is 1. The number of aliphatic hydroxyl groups is 1. The van der Waals surface area contributed by atoms with Crippen LogP contribution in [-0.2, 0) is 16.3 Å². The standard InChI is InChI=1S/C21H19N3O5S2/c1-24-19(20(27)14-4-2-3-5-17(14)31-24)21(28)22-18-9-13(29-23-18)11-30-10-12-6-7-15(25)16(26)8-12/h2-9,25-27H,10-11H2,1H3,(H,22,23,28). The van der Waals surface area contributed by atoms with Gasteiger partial charge < -0.3 is 29.5 Å². The number of aromatic hydroxyl groups is 2. The van der Waals surface area contributed by atoms with E-state index in [0.717, 1.165) is 10.5 Å². The number of hydrogen-bond acceptors (Lipinski definition) is 9. The van der Waals surface area contributed by atoms with Crippen LogP contribution in [0.25, 0.3) is 5.76 Å². The first-order valence-electron chi connectivity index (χ1n) is 9.22. The maximum Gasteiger partial charge on any atom is 0.277 e. The number of fused-ring (bicyclic) bond motifs is 1. The Balaban J connectivity index is 1.38. The second-order valence-electron chi connectivity index (χ2n) is 6.73. The predicted molar refractivity (Wildman–Crippen MR) is 120 cm³/mol. The van der Waals surface area contributed by atoms with Crippen LogP contribution in [0.3, 0.4) is 0 Å². The molecule has 0 unspecified atom stereocenters. The van der Waals surface area contributed by atoms with Crippen LogP contribution < -0.4 is 5.32 Å². The maximum atomic E-state index is 12.8. The van der Waals surface area contributed by atoms with E-state index in [9.17, 15) is 20.1 Å². The third-order valence-electron chi connectivity index (χ3n) is 4.49. The highest BCUT2D eigenvalue weighted by Gasteiger charge is 2.28. The summed E-state index contributed by atoms with van der Waals surface area (Å²) in [5.41, 5.74) is 1.59. The van der Waals surface area contributed by atoms with Gasteiger partial charge in [-0.15, -0.1) is 11.8 Å². The van der Waals surface area contributed by atoms with E-state index in [1.165, 1.54) is 35.8 Å². The van der Waals surface area contributed by atoms with Crippen LogP contribution in [0.1, 0.15) is 16.9 Å². The number of thioether (sulfide) groups is 1. The molecular weight excluding hydrogens is 438 g/mol. The number of carbonyl (C=O) groups excluding carboxylic acids is 1. The third-order valence-corrected chi connectivity index (χ3v) is 6.52. The van der Waals surface area contributed by atoms with Crippen LogP contribution in [0, 0.1) is 0 Å². The maximum absolute atomic E-state index is 12.8. The summed E-state index contributed by atoms with van der Waals surface area (Å²) in [4.78, 5) is 13.6. The molecule has 1 aliphatic rings. The molecule has 1 amide bonds. The van der Waals surface area contributed by atoms with Crippen molar-refractivity contribution in [3.05, 3.63) is 71.1 Å². The van der Waals surface area contributed by atoms with Crippen LogP contribution in [0.5, 0.6) is 11.5 Å². The quantitative estimate of drug-likeness (QED) is 0.317. The van der Waals surface area contributed by atoms with Crippen molar-refractivity contribution in [2.24, 2.45) is 0 Å². The zero-order valence-corrected chi connectivity index (χ0v) is 18.0. The number of nitrogens with zero attached hydrogens (tertiary/aromatic N) is 2. The molecule has 0 spiro atoms. The Morgan fingerprint density at radius 1 is 1.13 bits per heavy atom. The second-order valence-corrected chi connectivity index (χ2v) is 8.89. The van der Waals surface area contributed by atoms with E-state index in [1.54, 1.807) is 35.6 Å². The third kappa shape index (κ3) is 4.59. The topological polar surface area (TPSA) is 119 Å². The molecule has 0 saturated heterocycles. The molecule has 0 aliphatic carbocycles. The molecule has 31 heavy (non-hydrogen) atoms. The smallest absolute Gasteiger partial charge is 0.277 e. The summed E-state index contributed by atoms with van der Waals surface area (Å²) in [7, 11) is 1.71. The molecule has 0 fully saturated rings. The van der Waals surface area contributed by atoms with Gasteiger partial charge in [0.25, 0.3) is 5.91 Å². The number of rotatable bonds is 6. The predicted octanol–water partition coefficient (Wildman–Crippen LogP) is 4.34. The molecule has 2 heterocycles. The zero-order chi connectivity index (χ0) is 22.0. The van der Waals surface area contributed by atoms with E-state index in [4.69, 9.17) is 4.52 Å². The first kappa shape index (κ1) is 21.0. The van der Waals surface area contributed by atoms with Crippen LogP contribution in [0.15, 0.2) is 63.6 Å². The molecule has 160 valence electrons. The van der Waals surface area contributed by atoms with E-state index in [1.807, 2.05) is 12.1 Å². The number of amides is 1. The van der Waals surface area contributed by atoms with Crippen molar-refractivity contribution in [3.63, 3.8) is 0 Å². The lowest BCUT2D eigenvalue weighted by Crippen LogP contribution is -2.27. The van der Waals surface area contributed by atoms with Gasteiger partial charge in [-0.3, -0.25) is 4.79 Å². The number of phenols is 2. The van der Waals surface area contributed by atoms with Crippen molar-refractivity contribution in [3.8, 4) is 11.5 Å². The SMILES string of the molecule is CN1Sc2ccccc2C(O)=C1C(=O)Nc1cc(CSCc2ccc(O)c(O)c2)on1. The highest BCUT2D eigenvalue weighted by Crippen LogP contribution is 2.38. The minimum atomic E-state index is -0.492. The van der Waals surface area contributed by atoms with Crippen molar-refractivity contribution in [2.75, 3.05) is 12.4 Å². The molecule has 10 heteroatoms. The van der Waals surface area contributed by atoms with Gasteiger partial charge in [0, 0.05) is 29.3 Å². The summed E-state index contributed by atoms with van der Waals surface area (Å²) in [6.45, 7) is 0. The summed E-state index contributed by atoms with van der Waals surface area (Å²) in [6.07, 6.45) is 0. The lowest BCUT2D eigenvalue weighted by atomic mass is 10.1. The van der Waals surface area contributed by atoms with Crippen LogP contribution in [0.4, 0.5) is 5.82 Å².